The molecule has 134 valence electrons. The summed E-state index contributed by atoms with van der Waals surface area (Å²) in [5, 5.41) is 7.99. The minimum atomic E-state index is -0.567. The first-order valence-corrected chi connectivity index (χ1v) is 8.42. The van der Waals surface area contributed by atoms with Crippen LogP contribution in [0.1, 0.15) is 24.5 Å². The molecule has 0 saturated heterocycles. The molecule has 0 amide bonds. The molecule has 1 N–H and O–H groups in total. The maximum Gasteiger partial charge on any atom is 0.331 e. The standard InChI is InChI=1S/C16H16O2.C4H8O3/c1-2-5-13(6-3-1)12-18-15-9-8-14-7-4-10-17-16(14)11-15;1-2-7-4(6)3-5/h1-3,5-6,8-9,11H,4,7,10,12H2;5H,2-3H2,1H3. The maximum absolute atomic E-state index is 9.94. The van der Waals surface area contributed by atoms with Crippen LogP contribution in [0.15, 0.2) is 48.5 Å². The van der Waals surface area contributed by atoms with Gasteiger partial charge >= 0.3 is 5.97 Å². The molecular formula is C20H24O5. The first-order chi connectivity index (χ1) is 12.2. The van der Waals surface area contributed by atoms with Gasteiger partial charge in [0, 0.05) is 6.07 Å². The van der Waals surface area contributed by atoms with Crippen molar-refractivity contribution in [2.24, 2.45) is 0 Å². The predicted octanol–water partition coefficient (Wildman–Crippen LogP) is 3.13. The van der Waals surface area contributed by atoms with Crippen molar-refractivity contribution in [1.29, 1.82) is 0 Å². The Kier molecular flexibility index (Phi) is 7.79. The van der Waals surface area contributed by atoms with E-state index in [0.29, 0.717) is 13.2 Å². The highest BCUT2D eigenvalue weighted by molar-refractivity contribution is 5.70. The van der Waals surface area contributed by atoms with E-state index in [-0.39, 0.29) is 0 Å². The van der Waals surface area contributed by atoms with Crippen LogP contribution in [0.5, 0.6) is 11.5 Å². The number of aliphatic hydroxyl groups excluding tert-OH is 1. The highest BCUT2D eigenvalue weighted by Crippen LogP contribution is 2.29. The van der Waals surface area contributed by atoms with Crippen LogP contribution >= 0.6 is 0 Å². The van der Waals surface area contributed by atoms with Gasteiger partial charge in [0.1, 0.15) is 24.7 Å². The number of carbonyl (C=O) groups excluding carboxylic acids is 1. The smallest absolute Gasteiger partial charge is 0.331 e. The van der Waals surface area contributed by atoms with E-state index in [9.17, 15) is 4.79 Å². The van der Waals surface area contributed by atoms with Crippen LogP contribution in [0.25, 0.3) is 0 Å². The number of hydrogen-bond acceptors (Lipinski definition) is 5. The summed E-state index contributed by atoms with van der Waals surface area (Å²) in [5.74, 6) is 1.29. The topological polar surface area (TPSA) is 65.0 Å². The third-order valence-corrected chi connectivity index (χ3v) is 3.57. The first-order valence-electron chi connectivity index (χ1n) is 8.42. The Bertz CT molecular complexity index is 654. The Morgan fingerprint density at radius 3 is 2.68 bits per heavy atom. The molecule has 25 heavy (non-hydrogen) atoms. The monoisotopic (exact) mass is 344 g/mol. The van der Waals surface area contributed by atoms with Crippen molar-refractivity contribution in [2.75, 3.05) is 19.8 Å². The third-order valence-electron chi connectivity index (χ3n) is 3.57. The highest BCUT2D eigenvalue weighted by atomic mass is 16.5. The fourth-order valence-electron chi connectivity index (χ4n) is 2.36. The summed E-state index contributed by atoms with van der Waals surface area (Å²) in [6.45, 7) is 2.91. The van der Waals surface area contributed by atoms with Crippen molar-refractivity contribution in [3.05, 3.63) is 59.7 Å². The summed E-state index contributed by atoms with van der Waals surface area (Å²) < 4.78 is 15.7. The number of aliphatic hydroxyl groups is 1. The van der Waals surface area contributed by atoms with Crippen LogP contribution < -0.4 is 9.47 Å². The predicted molar refractivity (Wildman–Crippen MR) is 94.8 cm³/mol. The second kappa shape index (κ2) is 10.4. The molecule has 0 radical (unpaired) electrons. The van der Waals surface area contributed by atoms with E-state index >= 15 is 0 Å². The third kappa shape index (κ3) is 6.47. The zero-order valence-electron chi connectivity index (χ0n) is 14.4. The molecule has 0 unspecified atom stereocenters. The van der Waals surface area contributed by atoms with Gasteiger partial charge in [-0.3, -0.25) is 0 Å². The van der Waals surface area contributed by atoms with Crippen molar-refractivity contribution in [1.82, 2.24) is 0 Å². The molecule has 2 aromatic rings. The van der Waals surface area contributed by atoms with Crippen LogP contribution in [-0.2, 0) is 22.6 Å². The summed E-state index contributed by atoms with van der Waals surface area (Å²) in [7, 11) is 0. The van der Waals surface area contributed by atoms with Crippen LogP contribution in [0.2, 0.25) is 0 Å². The lowest BCUT2D eigenvalue weighted by molar-refractivity contribution is -0.146. The quantitative estimate of drug-likeness (QED) is 0.844. The summed E-state index contributed by atoms with van der Waals surface area (Å²) in [6.07, 6.45) is 2.21. The molecule has 1 aliphatic heterocycles. The lowest BCUT2D eigenvalue weighted by Gasteiger charge is -2.18. The number of carbonyl (C=O) groups is 1. The van der Waals surface area contributed by atoms with Crippen molar-refractivity contribution in [3.63, 3.8) is 0 Å². The Morgan fingerprint density at radius 2 is 2.00 bits per heavy atom. The van der Waals surface area contributed by atoms with Crippen molar-refractivity contribution in [3.8, 4) is 11.5 Å². The first kappa shape index (κ1) is 18.8. The lowest BCUT2D eigenvalue weighted by Crippen LogP contribution is -2.08. The van der Waals surface area contributed by atoms with Gasteiger partial charge in [-0.25, -0.2) is 4.79 Å². The summed E-state index contributed by atoms with van der Waals surface area (Å²) >= 11 is 0. The van der Waals surface area contributed by atoms with E-state index < -0.39 is 12.6 Å². The van der Waals surface area contributed by atoms with E-state index in [4.69, 9.17) is 14.6 Å². The van der Waals surface area contributed by atoms with Gasteiger partial charge in [0.15, 0.2) is 0 Å². The number of hydrogen-bond donors (Lipinski definition) is 1. The molecule has 5 nitrogen and oxygen atoms in total. The van der Waals surface area contributed by atoms with E-state index in [1.165, 1.54) is 11.1 Å². The Balaban J connectivity index is 0.000000277. The van der Waals surface area contributed by atoms with Gasteiger partial charge < -0.3 is 19.3 Å². The molecule has 3 rings (SSSR count). The fraction of sp³-hybridized carbons (Fsp3) is 0.350. The number of aryl methyl sites for hydroxylation is 1. The van der Waals surface area contributed by atoms with Gasteiger partial charge in [0.2, 0.25) is 0 Å². The van der Waals surface area contributed by atoms with Gasteiger partial charge in [-0.05, 0) is 37.0 Å². The Hall–Kier alpha value is -2.53. The van der Waals surface area contributed by atoms with E-state index in [0.717, 1.165) is 30.9 Å². The lowest BCUT2D eigenvalue weighted by atomic mass is 10.1. The molecule has 2 aromatic carbocycles. The zero-order chi connectivity index (χ0) is 17.9. The van der Waals surface area contributed by atoms with E-state index in [2.05, 4.69) is 22.9 Å². The number of esters is 1. The molecule has 1 heterocycles. The summed E-state index contributed by atoms with van der Waals surface area (Å²) in [4.78, 5) is 9.94. The molecule has 0 aliphatic carbocycles. The largest absolute Gasteiger partial charge is 0.493 e. The van der Waals surface area contributed by atoms with Crippen molar-refractivity contribution in [2.45, 2.75) is 26.4 Å². The average Bonchev–Trinajstić information content (AvgIpc) is 2.67. The minimum Gasteiger partial charge on any atom is -0.493 e. The fourth-order valence-corrected chi connectivity index (χ4v) is 2.36. The molecule has 0 atom stereocenters. The minimum absolute atomic E-state index is 0.333. The molecule has 5 heteroatoms. The van der Waals surface area contributed by atoms with Gasteiger partial charge in [-0.2, -0.15) is 0 Å². The maximum atomic E-state index is 9.94. The number of ether oxygens (including phenoxy) is 3. The molecule has 0 spiro atoms. The second-order valence-electron chi connectivity index (χ2n) is 5.46. The van der Waals surface area contributed by atoms with Crippen molar-refractivity contribution >= 4 is 5.97 Å². The van der Waals surface area contributed by atoms with Crippen LogP contribution in [0, 0.1) is 0 Å². The van der Waals surface area contributed by atoms with E-state index in [1.807, 2.05) is 30.3 Å². The van der Waals surface area contributed by atoms with Crippen LogP contribution in [-0.4, -0.2) is 30.9 Å². The average molecular weight is 344 g/mol. The highest BCUT2D eigenvalue weighted by Gasteiger charge is 2.10. The number of rotatable bonds is 5. The summed E-state index contributed by atoms with van der Waals surface area (Å²) in [6, 6.07) is 16.3. The van der Waals surface area contributed by atoms with Crippen molar-refractivity contribution < 1.29 is 24.1 Å². The zero-order valence-corrected chi connectivity index (χ0v) is 14.4. The second-order valence-corrected chi connectivity index (χ2v) is 5.46. The molecule has 0 aromatic heterocycles. The SMILES string of the molecule is CCOC(=O)CO.c1ccc(COc2ccc3c(c2)OCCC3)cc1. The molecular weight excluding hydrogens is 320 g/mol. The Labute approximate surface area is 148 Å². The summed E-state index contributed by atoms with van der Waals surface area (Å²) in [5.41, 5.74) is 2.46. The molecule has 0 bridgehead atoms. The van der Waals surface area contributed by atoms with Crippen LogP contribution in [0.3, 0.4) is 0 Å². The number of benzene rings is 2. The van der Waals surface area contributed by atoms with Gasteiger partial charge in [0.05, 0.1) is 13.2 Å². The molecule has 0 fully saturated rings. The van der Waals surface area contributed by atoms with Gasteiger partial charge in [-0.1, -0.05) is 36.4 Å². The van der Waals surface area contributed by atoms with Gasteiger partial charge in [0.25, 0.3) is 0 Å². The van der Waals surface area contributed by atoms with Gasteiger partial charge in [-0.15, -0.1) is 0 Å². The normalized spacial score (nSPS) is 12.1. The molecule has 0 saturated carbocycles. The number of fused-ring (bicyclic) bond motifs is 1. The molecule has 1 aliphatic rings. The van der Waals surface area contributed by atoms with Crippen LogP contribution in [0.4, 0.5) is 0 Å². The van der Waals surface area contributed by atoms with E-state index in [1.54, 1.807) is 6.92 Å². The Morgan fingerprint density at radius 1 is 1.20 bits per heavy atom.